The minimum atomic E-state index is -3.23. The summed E-state index contributed by atoms with van der Waals surface area (Å²) in [7, 11) is -3.23. The van der Waals surface area contributed by atoms with Gasteiger partial charge in [-0.1, -0.05) is 48.5 Å². The molecule has 2 N–H and O–H groups in total. The Morgan fingerprint density at radius 1 is 0.958 bits per heavy atom. The van der Waals surface area contributed by atoms with E-state index in [0.29, 0.717) is 11.4 Å². The number of likely N-dealkylation sites (tertiary alicyclic amines) is 1. The smallest absolute Gasteiger partial charge is 0.179 e. The van der Waals surface area contributed by atoms with E-state index in [4.69, 9.17) is 5.73 Å². The number of rotatable bonds is 5. The molecule has 0 saturated carbocycles. The number of sulfone groups is 1. The van der Waals surface area contributed by atoms with Crippen LogP contribution in [-0.2, 0) is 9.84 Å². The summed E-state index contributed by atoms with van der Waals surface area (Å²) < 4.78 is 24.7. The normalized spacial score (nSPS) is 21.4. The van der Waals surface area contributed by atoms with Crippen LogP contribution in [0, 0.1) is 0 Å². The van der Waals surface area contributed by atoms with Crippen LogP contribution in [-0.4, -0.2) is 44.7 Å². The molecule has 1 heterocycles. The van der Waals surface area contributed by atoms with Crippen LogP contribution < -0.4 is 5.73 Å². The van der Waals surface area contributed by atoms with Gasteiger partial charge >= 0.3 is 0 Å². The summed E-state index contributed by atoms with van der Waals surface area (Å²) >= 11 is 0. The van der Waals surface area contributed by atoms with Crippen molar-refractivity contribution >= 4 is 22.2 Å². The number of hydrogen-bond acceptors (Lipinski definition) is 4. The first-order valence-corrected chi connectivity index (χ1v) is 9.52. The Morgan fingerprint density at radius 3 is 2.17 bits per heavy atom. The zero-order valence-corrected chi connectivity index (χ0v) is 15.0. The van der Waals surface area contributed by atoms with E-state index in [0.717, 1.165) is 13.1 Å². The highest BCUT2D eigenvalue weighted by atomic mass is 35.5. The van der Waals surface area contributed by atoms with Crippen molar-refractivity contribution in [3.8, 4) is 0 Å². The van der Waals surface area contributed by atoms with Crippen molar-refractivity contribution in [3.05, 3.63) is 66.2 Å². The van der Waals surface area contributed by atoms with E-state index < -0.39 is 9.84 Å². The van der Waals surface area contributed by atoms with Crippen molar-refractivity contribution in [2.75, 3.05) is 25.4 Å². The molecule has 1 aliphatic heterocycles. The van der Waals surface area contributed by atoms with Gasteiger partial charge in [-0.25, -0.2) is 8.42 Å². The molecule has 0 radical (unpaired) electrons. The molecule has 1 aliphatic rings. The maximum Gasteiger partial charge on any atom is 0.179 e. The fraction of sp³-hybridized carbons (Fsp3) is 0.333. The average Bonchev–Trinajstić information content (AvgIpc) is 2.96. The zero-order chi connectivity index (χ0) is 16.3. The highest BCUT2D eigenvalue weighted by Crippen LogP contribution is 2.26. The van der Waals surface area contributed by atoms with Gasteiger partial charge in [-0.15, -0.1) is 12.4 Å². The van der Waals surface area contributed by atoms with Crippen LogP contribution in [0.1, 0.15) is 11.5 Å². The number of nitrogens with two attached hydrogens (primary N) is 1. The average molecular weight is 367 g/mol. The van der Waals surface area contributed by atoms with E-state index in [2.05, 4.69) is 17.0 Å². The van der Waals surface area contributed by atoms with Gasteiger partial charge in [-0.05, 0) is 17.7 Å². The summed E-state index contributed by atoms with van der Waals surface area (Å²) in [5.41, 5.74) is 7.49. The number of hydrogen-bond donors (Lipinski definition) is 1. The fourth-order valence-corrected chi connectivity index (χ4v) is 4.45. The molecule has 0 aliphatic carbocycles. The highest BCUT2D eigenvalue weighted by molar-refractivity contribution is 7.91. The van der Waals surface area contributed by atoms with Crippen LogP contribution >= 0.6 is 12.4 Å². The summed E-state index contributed by atoms with van der Waals surface area (Å²) in [6, 6.07) is 18.9. The van der Waals surface area contributed by atoms with Gasteiger partial charge in [-0.2, -0.15) is 0 Å². The van der Waals surface area contributed by atoms with E-state index in [1.54, 1.807) is 24.3 Å². The van der Waals surface area contributed by atoms with Crippen molar-refractivity contribution in [1.29, 1.82) is 0 Å². The Morgan fingerprint density at radius 2 is 1.54 bits per heavy atom. The molecule has 0 amide bonds. The van der Waals surface area contributed by atoms with Gasteiger partial charge in [0.25, 0.3) is 0 Å². The predicted octanol–water partition coefficient (Wildman–Crippen LogP) is 2.31. The lowest BCUT2D eigenvalue weighted by molar-refractivity contribution is 0.351. The largest absolute Gasteiger partial charge is 0.326 e. The second kappa shape index (κ2) is 8.12. The van der Waals surface area contributed by atoms with E-state index in [1.807, 2.05) is 24.3 Å². The van der Waals surface area contributed by atoms with E-state index in [9.17, 15) is 8.42 Å². The Balaban J connectivity index is 0.00000208. The third-order valence-corrected chi connectivity index (χ3v) is 6.16. The SMILES string of the molecule is Cl.N[C@@H]1CN(CCS(=O)(=O)c2ccccc2)C[C@H]1c1ccccc1. The number of benzene rings is 2. The topological polar surface area (TPSA) is 63.4 Å². The molecule has 2 atom stereocenters. The predicted molar refractivity (Wildman–Crippen MR) is 99.3 cm³/mol. The molecule has 0 unspecified atom stereocenters. The Bertz CT molecular complexity index is 738. The van der Waals surface area contributed by atoms with Gasteiger partial charge in [0, 0.05) is 31.6 Å². The van der Waals surface area contributed by atoms with Crippen LogP contribution in [0.2, 0.25) is 0 Å². The molecule has 3 rings (SSSR count). The van der Waals surface area contributed by atoms with Crippen molar-refractivity contribution in [2.24, 2.45) is 5.73 Å². The van der Waals surface area contributed by atoms with Crippen LogP contribution in [0.3, 0.4) is 0 Å². The molecular weight excluding hydrogens is 344 g/mol. The van der Waals surface area contributed by atoms with Crippen LogP contribution in [0.25, 0.3) is 0 Å². The minimum absolute atomic E-state index is 0. The maximum absolute atomic E-state index is 12.4. The van der Waals surface area contributed by atoms with Gasteiger partial charge in [0.15, 0.2) is 9.84 Å². The molecule has 4 nitrogen and oxygen atoms in total. The van der Waals surface area contributed by atoms with Crippen LogP contribution in [0.4, 0.5) is 0 Å². The molecule has 0 spiro atoms. The Hall–Kier alpha value is -1.40. The minimum Gasteiger partial charge on any atom is -0.326 e. The fourth-order valence-electron chi connectivity index (χ4n) is 3.14. The number of halogens is 1. The van der Waals surface area contributed by atoms with Crippen molar-refractivity contribution in [1.82, 2.24) is 4.90 Å². The first kappa shape index (κ1) is 18.9. The van der Waals surface area contributed by atoms with Gasteiger partial charge in [0.1, 0.15) is 0 Å². The standard InChI is InChI=1S/C18H22N2O2S.ClH/c19-18-14-20(13-17(18)15-7-3-1-4-8-15)11-12-23(21,22)16-9-5-2-6-10-16;/h1-10,17-18H,11-14,19H2;1H/t17-,18+;/m0./s1. The molecule has 6 heteroatoms. The van der Waals surface area contributed by atoms with Crippen LogP contribution in [0.15, 0.2) is 65.6 Å². The summed E-state index contributed by atoms with van der Waals surface area (Å²) in [6.45, 7) is 2.08. The molecule has 130 valence electrons. The molecular formula is C18H23ClN2O2S. The second-order valence-electron chi connectivity index (χ2n) is 6.07. The van der Waals surface area contributed by atoms with Crippen molar-refractivity contribution in [3.63, 3.8) is 0 Å². The number of nitrogens with zero attached hydrogens (tertiary/aromatic N) is 1. The zero-order valence-electron chi connectivity index (χ0n) is 13.4. The van der Waals surface area contributed by atoms with Gasteiger partial charge < -0.3 is 10.6 Å². The van der Waals surface area contributed by atoms with Gasteiger partial charge in [0.05, 0.1) is 10.6 Å². The quantitative estimate of drug-likeness (QED) is 0.882. The van der Waals surface area contributed by atoms with Gasteiger partial charge in [0.2, 0.25) is 0 Å². The molecule has 2 aromatic rings. The highest BCUT2D eigenvalue weighted by Gasteiger charge is 2.31. The lowest BCUT2D eigenvalue weighted by Crippen LogP contribution is -2.31. The summed E-state index contributed by atoms with van der Waals surface area (Å²) in [5, 5.41) is 0. The van der Waals surface area contributed by atoms with Gasteiger partial charge in [-0.3, -0.25) is 0 Å². The van der Waals surface area contributed by atoms with Crippen molar-refractivity contribution < 1.29 is 8.42 Å². The molecule has 0 aromatic heterocycles. The molecule has 2 aromatic carbocycles. The van der Waals surface area contributed by atoms with Crippen molar-refractivity contribution in [2.45, 2.75) is 16.9 Å². The first-order valence-electron chi connectivity index (χ1n) is 7.87. The third kappa shape index (κ3) is 4.36. The van der Waals surface area contributed by atoms with E-state index in [-0.39, 0.29) is 30.1 Å². The second-order valence-corrected chi connectivity index (χ2v) is 8.18. The lowest BCUT2D eigenvalue weighted by Gasteiger charge is -2.16. The lowest BCUT2D eigenvalue weighted by atomic mass is 9.95. The molecule has 1 saturated heterocycles. The molecule has 0 bridgehead atoms. The first-order chi connectivity index (χ1) is 11.1. The Labute approximate surface area is 150 Å². The van der Waals surface area contributed by atoms with Crippen LogP contribution in [0.5, 0.6) is 0 Å². The molecule has 24 heavy (non-hydrogen) atoms. The summed E-state index contributed by atoms with van der Waals surface area (Å²) in [6.07, 6.45) is 0. The third-order valence-electron chi connectivity index (χ3n) is 4.45. The summed E-state index contributed by atoms with van der Waals surface area (Å²) in [4.78, 5) is 2.55. The maximum atomic E-state index is 12.4. The van der Waals surface area contributed by atoms with E-state index in [1.165, 1.54) is 5.56 Å². The molecule has 1 fully saturated rings. The van der Waals surface area contributed by atoms with E-state index >= 15 is 0 Å². The Kier molecular flexibility index (Phi) is 6.40. The monoisotopic (exact) mass is 366 g/mol. The summed E-state index contributed by atoms with van der Waals surface area (Å²) in [5.74, 6) is 0.404.